The second kappa shape index (κ2) is 10.8. The fourth-order valence-corrected chi connectivity index (χ4v) is 3.68. The normalized spacial score (nSPS) is 15.0. The topological polar surface area (TPSA) is 112 Å². The molecule has 3 N–H and O–H groups in total. The number of aromatic nitrogens is 3. The number of carbonyl (C=O) groups excluding carboxylic acids is 1. The van der Waals surface area contributed by atoms with Gasteiger partial charge in [0.2, 0.25) is 11.9 Å². The molecule has 1 aliphatic carbocycles. The summed E-state index contributed by atoms with van der Waals surface area (Å²) < 4.78 is 1.98. The SMILES string of the molecule is C1CCC1.O=C(O)NCCCn1ccc2cnc(Nc3ccc(N4CCCC4=O)cc3)nc21. The van der Waals surface area contributed by atoms with Crippen LogP contribution in [0.3, 0.4) is 0 Å². The molecular formula is C24H30N6O3. The molecule has 2 aliphatic rings. The van der Waals surface area contributed by atoms with Crippen molar-refractivity contribution in [1.82, 2.24) is 19.9 Å². The van der Waals surface area contributed by atoms with Crippen LogP contribution in [0.25, 0.3) is 11.0 Å². The molecule has 3 aromatic rings. The molecular weight excluding hydrogens is 420 g/mol. The molecule has 5 rings (SSSR count). The van der Waals surface area contributed by atoms with Crippen molar-refractivity contribution in [3.05, 3.63) is 42.7 Å². The summed E-state index contributed by atoms with van der Waals surface area (Å²) in [6.07, 6.45) is 10.8. The molecule has 0 bridgehead atoms. The highest BCUT2D eigenvalue weighted by Gasteiger charge is 2.21. The minimum Gasteiger partial charge on any atom is -0.465 e. The van der Waals surface area contributed by atoms with E-state index in [0.717, 1.165) is 35.4 Å². The Morgan fingerprint density at radius 2 is 1.82 bits per heavy atom. The molecule has 33 heavy (non-hydrogen) atoms. The van der Waals surface area contributed by atoms with Crippen LogP contribution in [-0.2, 0) is 11.3 Å². The fraction of sp³-hybridized carbons (Fsp3) is 0.417. The van der Waals surface area contributed by atoms with E-state index in [0.29, 0.717) is 31.9 Å². The number of hydrogen-bond donors (Lipinski definition) is 3. The lowest BCUT2D eigenvalue weighted by Crippen LogP contribution is -2.23. The number of anilines is 3. The van der Waals surface area contributed by atoms with E-state index < -0.39 is 6.09 Å². The first kappa shape index (κ1) is 22.6. The van der Waals surface area contributed by atoms with Gasteiger partial charge in [0.15, 0.2) is 0 Å². The van der Waals surface area contributed by atoms with Crippen molar-refractivity contribution in [3.8, 4) is 0 Å². The molecule has 1 saturated heterocycles. The monoisotopic (exact) mass is 450 g/mol. The van der Waals surface area contributed by atoms with Gasteiger partial charge in [-0.2, -0.15) is 4.98 Å². The Kier molecular flexibility index (Phi) is 7.39. The molecule has 1 saturated carbocycles. The number of nitrogens with zero attached hydrogens (tertiary/aromatic N) is 4. The zero-order valence-corrected chi connectivity index (χ0v) is 18.7. The van der Waals surface area contributed by atoms with Gasteiger partial charge in [-0.3, -0.25) is 4.79 Å². The summed E-state index contributed by atoms with van der Waals surface area (Å²) in [5.41, 5.74) is 2.53. The molecule has 174 valence electrons. The quantitative estimate of drug-likeness (QED) is 0.456. The van der Waals surface area contributed by atoms with Crippen molar-refractivity contribution in [2.45, 2.75) is 51.5 Å². The number of carboxylic acid groups (broad SMARTS) is 1. The van der Waals surface area contributed by atoms with Crippen molar-refractivity contribution in [1.29, 1.82) is 0 Å². The highest BCUT2D eigenvalue weighted by molar-refractivity contribution is 5.95. The van der Waals surface area contributed by atoms with Gasteiger partial charge in [-0.05, 0) is 43.2 Å². The average Bonchev–Trinajstić information content (AvgIpc) is 3.36. The zero-order valence-electron chi connectivity index (χ0n) is 18.7. The van der Waals surface area contributed by atoms with Gasteiger partial charge in [-0.15, -0.1) is 0 Å². The molecule has 2 amide bonds. The van der Waals surface area contributed by atoms with Gasteiger partial charge in [0, 0.05) is 55.2 Å². The minimum absolute atomic E-state index is 0.166. The highest BCUT2D eigenvalue weighted by Crippen LogP contribution is 2.24. The summed E-state index contributed by atoms with van der Waals surface area (Å²) in [4.78, 5) is 33.2. The van der Waals surface area contributed by atoms with Crippen molar-refractivity contribution in [2.75, 3.05) is 23.3 Å². The summed E-state index contributed by atoms with van der Waals surface area (Å²) in [6.45, 7) is 1.81. The maximum atomic E-state index is 11.9. The van der Waals surface area contributed by atoms with Gasteiger partial charge in [0.1, 0.15) is 5.65 Å². The van der Waals surface area contributed by atoms with Gasteiger partial charge in [-0.1, -0.05) is 25.7 Å². The first-order valence-corrected chi connectivity index (χ1v) is 11.6. The third-order valence-corrected chi connectivity index (χ3v) is 5.86. The van der Waals surface area contributed by atoms with E-state index in [-0.39, 0.29) is 5.91 Å². The second-order valence-electron chi connectivity index (χ2n) is 8.30. The third-order valence-electron chi connectivity index (χ3n) is 5.86. The first-order valence-electron chi connectivity index (χ1n) is 11.6. The Hall–Kier alpha value is -3.62. The van der Waals surface area contributed by atoms with E-state index in [2.05, 4.69) is 20.6 Å². The number of amides is 2. The maximum Gasteiger partial charge on any atom is 0.404 e. The Bertz CT molecular complexity index is 1090. The summed E-state index contributed by atoms with van der Waals surface area (Å²) in [7, 11) is 0. The Balaban J connectivity index is 0.000000586. The number of rotatable bonds is 7. The van der Waals surface area contributed by atoms with E-state index >= 15 is 0 Å². The molecule has 9 heteroatoms. The lowest BCUT2D eigenvalue weighted by molar-refractivity contribution is -0.117. The van der Waals surface area contributed by atoms with Gasteiger partial charge in [0.25, 0.3) is 0 Å². The van der Waals surface area contributed by atoms with Gasteiger partial charge < -0.3 is 25.2 Å². The predicted octanol–water partition coefficient (Wildman–Crippen LogP) is 4.52. The van der Waals surface area contributed by atoms with Crippen LogP contribution in [0.15, 0.2) is 42.7 Å². The molecule has 2 fully saturated rings. The molecule has 3 heterocycles. The maximum absolute atomic E-state index is 11.9. The van der Waals surface area contributed by atoms with Crippen LogP contribution in [0.1, 0.15) is 44.9 Å². The molecule has 0 unspecified atom stereocenters. The Labute approximate surface area is 192 Å². The minimum atomic E-state index is -1.02. The van der Waals surface area contributed by atoms with Crippen LogP contribution in [0, 0.1) is 0 Å². The van der Waals surface area contributed by atoms with Crippen LogP contribution in [-0.4, -0.2) is 44.7 Å². The van der Waals surface area contributed by atoms with E-state index in [1.807, 2.05) is 41.1 Å². The van der Waals surface area contributed by atoms with Gasteiger partial charge in [0.05, 0.1) is 0 Å². The number of nitrogens with one attached hydrogen (secondary N) is 2. The lowest BCUT2D eigenvalue weighted by atomic mass is 10.0. The van der Waals surface area contributed by atoms with E-state index in [1.165, 1.54) is 25.7 Å². The second-order valence-corrected chi connectivity index (χ2v) is 8.30. The fourth-order valence-electron chi connectivity index (χ4n) is 3.68. The summed E-state index contributed by atoms with van der Waals surface area (Å²) in [5.74, 6) is 0.643. The zero-order chi connectivity index (χ0) is 23.0. The molecule has 0 atom stereocenters. The van der Waals surface area contributed by atoms with Crippen LogP contribution in [0.5, 0.6) is 0 Å². The molecule has 2 aromatic heterocycles. The Morgan fingerprint density at radius 1 is 1.06 bits per heavy atom. The molecule has 0 radical (unpaired) electrons. The van der Waals surface area contributed by atoms with Gasteiger partial charge in [-0.25, -0.2) is 9.78 Å². The largest absolute Gasteiger partial charge is 0.465 e. The van der Waals surface area contributed by atoms with E-state index in [9.17, 15) is 9.59 Å². The number of benzene rings is 1. The van der Waals surface area contributed by atoms with Crippen LogP contribution in [0.2, 0.25) is 0 Å². The first-order chi connectivity index (χ1) is 16.1. The number of hydrogen-bond acceptors (Lipinski definition) is 5. The van der Waals surface area contributed by atoms with Crippen molar-refractivity contribution in [3.63, 3.8) is 0 Å². The number of fused-ring (bicyclic) bond motifs is 1. The van der Waals surface area contributed by atoms with Crippen molar-refractivity contribution >= 4 is 40.4 Å². The van der Waals surface area contributed by atoms with E-state index in [1.54, 1.807) is 11.1 Å². The molecule has 1 aliphatic heterocycles. The lowest BCUT2D eigenvalue weighted by Gasteiger charge is -2.16. The summed E-state index contributed by atoms with van der Waals surface area (Å²) >= 11 is 0. The summed E-state index contributed by atoms with van der Waals surface area (Å²) in [6, 6.07) is 9.59. The summed E-state index contributed by atoms with van der Waals surface area (Å²) in [5, 5.41) is 15.1. The van der Waals surface area contributed by atoms with Gasteiger partial charge >= 0.3 is 6.09 Å². The van der Waals surface area contributed by atoms with Crippen molar-refractivity contribution < 1.29 is 14.7 Å². The molecule has 0 spiro atoms. The molecule has 1 aromatic carbocycles. The molecule has 9 nitrogen and oxygen atoms in total. The van der Waals surface area contributed by atoms with Crippen LogP contribution < -0.4 is 15.5 Å². The van der Waals surface area contributed by atoms with Crippen LogP contribution in [0.4, 0.5) is 22.1 Å². The third kappa shape index (κ3) is 6.00. The number of aryl methyl sites for hydroxylation is 1. The highest BCUT2D eigenvalue weighted by atomic mass is 16.4. The van der Waals surface area contributed by atoms with E-state index in [4.69, 9.17) is 5.11 Å². The smallest absolute Gasteiger partial charge is 0.404 e. The predicted molar refractivity (Wildman–Crippen MR) is 128 cm³/mol. The average molecular weight is 451 g/mol. The van der Waals surface area contributed by atoms with Crippen LogP contribution >= 0.6 is 0 Å². The van der Waals surface area contributed by atoms with Crippen molar-refractivity contribution in [2.24, 2.45) is 0 Å². The Morgan fingerprint density at radius 3 is 2.45 bits per heavy atom. The number of carbonyl (C=O) groups is 2. The standard InChI is InChI=1S/C20H22N6O3.C4H8/c27-17-3-1-11-26(17)16-6-4-15(5-7-16)23-19-22-13-14-8-12-25(18(14)24-19)10-2-9-21-20(28)29;1-2-4-3-1/h4-8,12-13,21H,1-3,9-11H2,(H,28,29)(H,22,23,24);1-4H2.